The number of aromatic nitrogens is 1. The molecule has 164 valence electrons. The first-order valence-electron chi connectivity index (χ1n) is 9.89. The van der Waals surface area contributed by atoms with Gasteiger partial charge in [0.05, 0.1) is 12.1 Å². The van der Waals surface area contributed by atoms with Crippen molar-refractivity contribution in [3.63, 3.8) is 0 Å². The van der Waals surface area contributed by atoms with Gasteiger partial charge in [0.2, 0.25) is 5.91 Å². The molecule has 2 N–H and O–H groups in total. The Balaban J connectivity index is 1.69. The third-order valence-electron chi connectivity index (χ3n) is 4.76. The second kappa shape index (κ2) is 9.82. The fourth-order valence-electron chi connectivity index (χ4n) is 3.02. The van der Waals surface area contributed by atoms with Gasteiger partial charge in [-0.1, -0.05) is 18.2 Å². The zero-order valence-electron chi connectivity index (χ0n) is 18.0. The van der Waals surface area contributed by atoms with Gasteiger partial charge in [-0.15, -0.1) is 0 Å². The quantitative estimate of drug-likeness (QED) is 0.617. The van der Waals surface area contributed by atoms with Crippen molar-refractivity contribution in [2.24, 2.45) is 0 Å². The normalized spacial score (nSPS) is 10.4. The summed E-state index contributed by atoms with van der Waals surface area (Å²) in [5.41, 5.74) is 2.22. The molecule has 0 aliphatic heterocycles. The molecule has 3 aromatic rings. The summed E-state index contributed by atoms with van der Waals surface area (Å²) in [5.74, 6) is -1.64. The fraction of sp³-hybridized carbons (Fsp3) is 0.167. The first kappa shape index (κ1) is 22.6. The van der Waals surface area contributed by atoms with Gasteiger partial charge in [-0.2, -0.15) is 0 Å². The van der Waals surface area contributed by atoms with E-state index in [1.165, 1.54) is 36.2 Å². The van der Waals surface area contributed by atoms with Crippen molar-refractivity contribution in [1.82, 2.24) is 9.88 Å². The number of hydrogen-bond acceptors (Lipinski definition) is 4. The van der Waals surface area contributed by atoms with E-state index in [1.54, 1.807) is 37.4 Å². The number of pyridine rings is 1. The molecule has 0 radical (unpaired) electrons. The molecule has 0 spiro atoms. The highest BCUT2D eigenvalue weighted by atomic mass is 19.1. The van der Waals surface area contributed by atoms with Gasteiger partial charge in [0.25, 0.3) is 11.8 Å². The molecule has 3 rings (SSSR count). The highest BCUT2D eigenvalue weighted by molar-refractivity contribution is 6.06. The highest BCUT2D eigenvalue weighted by Crippen LogP contribution is 2.20. The van der Waals surface area contributed by atoms with Crippen molar-refractivity contribution < 1.29 is 18.8 Å². The number of rotatable bonds is 6. The van der Waals surface area contributed by atoms with Crippen LogP contribution in [0.4, 0.5) is 15.9 Å². The van der Waals surface area contributed by atoms with E-state index >= 15 is 0 Å². The van der Waals surface area contributed by atoms with Gasteiger partial charge in [-0.05, 0) is 61.4 Å². The molecule has 1 aromatic heterocycles. The number of nitrogens with one attached hydrogen (secondary N) is 2. The lowest BCUT2D eigenvalue weighted by Crippen LogP contribution is -2.35. The second-order valence-corrected chi connectivity index (χ2v) is 7.39. The number of hydrogen-bond donors (Lipinski definition) is 2. The van der Waals surface area contributed by atoms with Crippen LogP contribution in [-0.4, -0.2) is 41.2 Å². The van der Waals surface area contributed by atoms with Crippen LogP contribution in [0, 0.1) is 19.7 Å². The van der Waals surface area contributed by atoms with E-state index in [9.17, 15) is 18.8 Å². The zero-order valence-corrected chi connectivity index (χ0v) is 18.0. The summed E-state index contributed by atoms with van der Waals surface area (Å²) in [6, 6.07) is 14.0. The summed E-state index contributed by atoms with van der Waals surface area (Å²) < 4.78 is 13.9. The third kappa shape index (κ3) is 5.54. The number of halogens is 1. The van der Waals surface area contributed by atoms with E-state index in [0.717, 1.165) is 5.56 Å². The average Bonchev–Trinajstić information content (AvgIpc) is 2.75. The molecular formula is C24H23FN4O3. The second-order valence-electron chi connectivity index (χ2n) is 7.39. The lowest BCUT2D eigenvalue weighted by atomic mass is 10.1. The molecule has 0 aliphatic carbocycles. The van der Waals surface area contributed by atoms with Crippen LogP contribution in [0.5, 0.6) is 0 Å². The van der Waals surface area contributed by atoms with E-state index in [2.05, 4.69) is 15.6 Å². The van der Waals surface area contributed by atoms with Gasteiger partial charge >= 0.3 is 0 Å². The van der Waals surface area contributed by atoms with Crippen molar-refractivity contribution in [3.05, 3.63) is 88.9 Å². The standard InChI is InChI=1S/C24H23FN4O3/c1-15-10-11-26-21(12-15)28-22(30)14-29(3)24(32)17-9-8-16(2)20(13-17)27-23(31)18-6-4-5-7-19(18)25/h4-13H,14H2,1-3H3,(H,27,31)(H,26,28,30). The molecule has 2 aromatic carbocycles. The van der Waals surface area contributed by atoms with Crippen LogP contribution >= 0.6 is 0 Å². The summed E-state index contributed by atoms with van der Waals surface area (Å²) in [5, 5.41) is 5.30. The summed E-state index contributed by atoms with van der Waals surface area (Å²) >= 11 is 0. The smallest absolute Gasteiger partial charge is 0.258 e. The first-order valence-corrected chi connectivity index (χ1v) is 9.89. The van der Waals surface area contributed by atoms with E-state index in [4.69, 9.17) is 0 Å². The molecule has 0 unspecified atom stereocenters. The number of aryl methyl sites for hydroxylation is 2. The van der Waals surface area contributed by atoms with Gasteiger partial charge in [-0.25, -0.2) is 9.37 Å². The molecule has 1 heterocycles. The Kier molecular flexibility index (Phi) is 6.94. The van der Waals surface area contributed by atoms with Crippen LogP contribution in [0.15, 0.2) is 60.8 Å². The fourth-order valence-corrected chi connectivity index (χ4v) is 3.02. The topological polar surface area (TPSA) is 91.4 Å². The summed E-state index contributed by atoms with van der Waals surface area (Å²) in [6.07, 6.45) is 1.59. The van der Waals surface area contributed by atoms with Crippen molar-refractivity contribution in [2.45, 2.75) is 13.8 Å². The van der Waals surface area contributed by atoms with E-state index < -0.39 is 17.6 Å². The van der Waals surface area contributed by atoms with Crippen LogP contribution in [0.1, 0.15) is 31.8 Å². The monoisotopic (exact) mass is 434 g/mol. The summed E-state index contributed by atoms with van der Waals surface area (Å²) in [4.78, 5) is 42.9. The number of nitrogens with zero attached hydrogens (tertiary/aromatic N) is 2. The summed E-state index contributed by atoms with van der Waals surface area (Å²) in [6.45, 7) is 3.46. The SMILES string of the molecule is Cc1ccnc(NC(=O)CN(C)C(=O)c2ccc(C)c(NC(=O)c3ccccc3F)c2)c1. The number of amides is 3. The number of carbonyl (C=O) groups is 3. The summed E-state index contributed by atoms with van der Waals surface area (Å²) in [7, 11) is 1.50. The third-order valence-corrected chi connectivity index (χ3v) is 4.76. The number of carbonyl (C=O) groups excluding carboxylic acids is 3. The van der Waals surface area contributed by atoms with Crippen molar-refractivity contribution in [3.8, 4) is 0 Å². The molecule has 7 nitrogen and oxygen atoms in total. The van der Waals surface area contributed by atoms with Gasteiger partial charge in [0.1, 0.15) is 11.6 Å². The predicted molar refractivity (Wildman–Crippen MR) is 120 cm³/mol. The lowest BCUT2D eigenvalue weighted by molar-refractivity contribution is -0.116. The van der Waals surface area contributed by atoms with Gasteiger partial charge in [0.15, 0.2) is 0 Å². The molecule has 8 heteroatoms. The Morgan fingerprint density at radius 3 is 2.47 bits per heavy atom. The minimum absolute atomic E-state index is 0.0952. The van der Waals surface area contributed by atoms with Crippen molar-refractivity contribution in [1.29, 1.82) is 0 Å². The predicted octanol–water partition coefficient (Wildman–Crippen LogP) is 3.80. The number of likely N-dealkylation sites (N-methyl/N-ethyl adjacent to an activating group) is 1. The molecule has 3 amide bonds. The molecule has 0 saturated carbocycles. The van der Waals surface area contributed by atoms with E-state index in [0.29, 0.717) is 17.1 Å². The van der Waals surface area contributed by atoms with Crippen LogP contribution in [0.3, 0.4) is 0 Å². The van der Waals surface area contributed by atoms with Crippen LogP contribution in [0.2, 0.25) is 0 Å². The Bertz CT molecular complexity index is 1180. The Morgan fingerprint density at radius 1 is 1.00 bits per heavy atom. The Labute approximate surface area is 185 Å². The average molecular weight is 434 g/mol. The molecule has 0 saturated heterocycles. The van der Waals surface area contributed by atoms with Gasteiger partial charge < -0.3 is 15.5 Å². The molecule has 0 aliphatic rings. The van der Waals surface area contributed by atoms with Gasteiger partial charge in [0, 0.05) is 24.5 Å². The van der Waals surface area contributed by atoms with Crippen molar-refractivity contribution >= 4 is 29.2 Å². The molecular weight excluding hydrogens is 411 g/mol. The van der Waals surface area contributed by atoms with Crippen LogP contribution < -0.4 is 10.6 Å². The number of anilines is 2. The maximum atomic E-state index is 13.9. The van der Waals surface area contributed by atoms with Gasteiger partial charge in [-0.3, -0.25) is 14.4 Å². The minimum Gasteiger partial charge on any atom is -0.332 e. The van der Waals surface area contributed by atoms with E-state index in [-0.39, 0.29) is 23.6 Å². The van der Waals surface area contributed by atoms with E-state index in [1.807, 2.05) is 13.0 Å². The maximum absolute atomic E-state index is 13.9. The maximum Gasteiger partial charge on any atom is 0.258 e. The largest absolute Gasteiger partial charge is 0.332 e. The number of benzene rings is 2. The Hall–Kier alpha value is -4.07. The zero-order chi connectivity index (χ0) is 23.3. The highest BCUT2D eigenvalue weighted by Gasteiger charge is 2.18. The molecule has 0 fully saturated rings. The molecule has 0 atom stereocenters. The Morgan fingerprint density at radius 2 is 1.75 bits per heavy atom. The lowest BCUT2D eigenvalue weighted by Gasteiger charge is -2.18. The minimum atomic E-state index is -0.635. The van der Waals surface area contributed by atoms with Crippen LogP contribution in [-0.2, 0) is 4.79 Å². The molecule has 0 bridgehead atoms. The first-order chi connectivity index (χ1) is 15.2. The molecule has 32 heavy (non-hydrogen) atoms. The van der Waals surface area contributed by atoms with Crippen LogP contribution in [0.25, 0.3) is 0 Å². The van der Waals surface area contributed by atoms with Crippen molar-refractivity contribution in [2.75, 3.05) is 24.2 Å².